The lowest BCUT2D eigenvalue weighted by Gasteiger charge is -2.26. The van der Waals surface area contributed by atoms with E-state index in [1.54, 1.807) is 0 Å². The van der Waals surface area contributed by atoms with E-state index < -0.39 is 0 Å². The molecule has 0 saturated carbocycles. The summed E-state index contributed by atoms with van der Waals surface area (Å²) in [5, 5.41) is 10.4. The van der Waals surface area contributed by atoms with Crippen LogP contribution in [0.1, 0.15) is 12.0 Å². The average molecular weight is 290 g/mol. The summed E-state index contributed by atoms with van der Waals surface area (Å²) in [6.07, 6.45) is 1.83. The van der Waals surface area contributed by atoms with Gasteiger partial charge in [-0.05, 0) is 37.1 Å². The van der Waals surface area contributed by atoms with Crippen molar-refractivity contribution in [3.8, 4) is 5.75 Å². The van der Waals surface area contributed by atoms with Gasteiger partial charge < -0.3 is 9.84 Å². The first-order valence-corrected chi connectivity index (χ1v) is 6.89. The SMILES string of the molecule is Oc1cc(Cl)c(CCCN2CCOCC2)c(Cl)c1. The first-order chi connectivity index (χ1) is 8.66. The van der Waals surface area contributed by atoms with Crippen molar-refractivity contribution in [2.45, 2.75) is 12.8 Å². The van der Waals surface area contributed by atoms with E-state index in [1.165, 1.54) is 12.1 Å². The highest BCUT2D eigenvalue weighted by atomic mass is 35.5. The van der Waals surface area contributed by atoms with Gasteiger partial charge in [-0.2, -0.15) is 0 Å². The predicted molar refractivity (Wildman–Crippen MR) is 73.7 cm³/mol. The first-order valence-electron chi connectivity index (χ1n) is 6.14. The second kappa shape index (κ2) is 6.62. The maximum atomic E-state index is 9.36. The van der Waals surface area contributed by atoms with Crippen LogP contribution in [0.3, 0.4) is 0 Å². The zero-order valence-electron chi connectivity index (χ0n) is 10.2. The average Bonchev–Trinajstić information content (AvgIpc) is 2.34. The van der Waals surface area contributed by atoms with Crippen LogP contribution in [0.25, 0.3) is 0 Å². The highest BCUT2D eigenvalue weighted by Crippen LogP contribution is 2.30. The number of hydrogen-bond donors (Lipinski definition) is 1. The molecular formula is C13H17Cl2NO2. The van der Waals surface area contributed by atoms with Crippen molar-refractivity contribution in [3.05, 3.63) is 27.7 Å². The number of rotatable bonds is 4. The maximum Gasteiger partial charge on any atom is 0.118 e. The minimum Gasteiger partial charge on any atom is -0.508 e. The normalized spacial score (nSPS) is 17.0. The molecule has 0 aromatic heterocycles. The zero-order valence-corrected chi connectivity index (χ0v) is 11.7. The summed E-state index contributed by atoms with van der Waals surface area (Å²) in [5.41, 5.74) is 0.921. The standard InChI is InChI=1S/C13H17Cl2NO2/c14-12-8-10(17)9-13(15)11(12)2-1-3-16-4-6-18-7-5-16/h8-9,17H,1-7H2. The molecule has 1 aliphatic heterocycles. The minimum absolute atomic E-state index is 0.113. The molecule has 0 radical (unpaired) electrons. The van der Waals surface area contributed by atoms with E-state index in [4.69, 9.17) is 27.9 Å². The smallest absolute Gasteiger partial charge is 0.118 e. The molecule has 1 heterocycles. The Labute approximate surface area is 117 Å². The molecular weight excluding hydrogens is 273 g/mol. The number of phenolic OH excluding ortho intramolecular Hbond substituents is 1. The summed E-state index contributed by atoms with van der Waals surface area (Å²) >= 11 is 12.2. The van der Waals surface area contributed by atoms with E-state index in [0.717, 1.165) is 51.3 Å². The maximum absolute atomic E-state index is 9.36. The van der Waals surface area contributed by atoms with Crippen LogP contribution >= 0.6 is 23.2 Å². The van der Waals surface area contributed by atoms with E-state index in [1.807, 2.05) is 0 Å². The third-order valence-electron chi connectivity index (χ3n) is 3.13. The number of halogens is 2. The quantitative estimate of drug-likeness (QED) is 0.925. The van der Waals surface area contributed by atoms with Crippen LogP contribution in [0, 0.1) is 0 Å². The lowest BCUT2D eigenvalue weighted by atomic mass is 10.1. The van der Waals surface area contributed by atoms with E-state index in [-0.39, 0.29) is 5.75 Å². The lowest BCUT2D eigenvalue weighted by Crippen LogP contribution is -2.36. The molecule has 0 spiro atoms. The van der Waals surface area contributed by atoms with Gasteiger partial charge in [0.05, 0.1) is 13.2 Å². The summed E-state index contributed by atoms with van der Waals surface area (Å²) in [7, 11) is 0. The molecule has 3 nitrogen and oxygen atoms in total. The lowest BCUT2D eigenvalue weighted by molar-refractivity contribution is 0.0375. The van der Waals surface area contributed by atoms with Crippen LogP contribution in [0.4, 0.5) is 0 Å². The van der Waals surface area contributed by atoms with Crippen molar-refractivity contribution < 1.29 is 9.84 Å². The van der Waals surface area contributed by atoms with Crippen molar-refractivity contribution in [3.63, 3.8) is 0 Å². The van der Waals surface area contributed by atoms with Crippen LogP contribution in [0.5, 0.6) is 5.75 Å². The molecule has 0 unspecified atom stereocenters. The van der Waals surface area contributed by atoms with Gasteiger partial charge in [-0.25, -0.2) is 0 Å². The molecule has 1 saturated heterocycles. The molecule has 0 amide bonds. The summed E-state index contributed by atoms with van der Waals surface area (Å²) < 4.78 is 5.30. The second-order valence-electron chi connectivity index (χ2n) is 4.45. The number of ether oxygens (including phenoxy) is 1. The number of benzene rings is 1. The number of hydrogen-bond acceptors (Lipinski definition) is 3. The summed E-state index contributed by atoms with van der Waals surface area (Å²) in [6.45, 7) is 4.66. The molecule has 0 bridgehead atoms. The highest BCUT2D eigenvalue weighted by molar-refractivity contribution is 6.36. The Morgan fingerprint density at radius 2 is 1.78 bits per heavy atom. The Morgan fingerprint density at radius 3 is 2.39 bits per heavy atom. The molecule has 1 N–H and O–H groups in total. The Bertz CT molecular complexity index is 383. The molecule has 1 aromatic carbocycles. The first kappa shape index (κ1) is 13.9. The fraction of sp³-hybridized carbons (Fsp3) is 0.538. The molecule has 100 valence electrons. The number of morpholine rings is 1. The van der Waals surface area contributed by atoms with Gasteiger partial charge in [0, 0.05) is 23.1 Å². The third-order valence-corrected chi connectivity index (χ3v) is 3.81. The molecule has 18 heavy (non-hydrogen) atoms. The Hall–Kier alpha value is -0.480. The molecule has 0 aliphatic carbocycles. The van der Waals surface area contributed by atoms with Crippen LogP contribution in [0.15, 0.2) is 12.1 Å². The van der Waals surface area contributed by atoms with Gasteiger partial charge >= 0.3 is 0 Å². The number of nitrogens with zero attached hydrogens (tertiary/aromatic N) is 1. The van der Waals surface area contributed by atoms with Crippen molar-refractivity contribution in [2.75, 3.05) is 32.8 Å². The van der Waals surface area contributed by atoms with Gasteiger partial charge in [0.15, 0.2) is 0 Å². The summed E-state index contributed by atoms with van der Waals surface area (Å²) in [5.74, 6) is 0.113. The highest BCUT2D eigenvalue weighted by Gasteiger charge is 2.12. The number of aromatic hydroxyl groups is 1. The monoisotopic (exact) mass is 289 g/mol. The van der Waals surface area contributed by atoms with Crippen LogP contribution in [-0.2, 0) is 11.2 Å². The van der Waals surface area contributed by atoms with E-state index >= 15 is 0 Å². The van der Waals surface area contributed by atoms with Crippen molar-refractivity contribution in [2.24, 2.45) is 0 Å². The fourth-order valence-electron chi connectivity index (χ4n) is 2.13. The summed E-state index contributed by atoms with van der Waals surface area (Å²) in [6, 6.07) is 3.08. The predicted octanol–water partition coefficient (Wildman–Crippen LogP) is 2.96. The van der Waals surface area contributed by atoms with E-state index in [2.05, 4.69) is 4.90 Å². The van der Waals surface area contributed by atoms with Gasteiger partial charge in [0.1, 0.15) is 5.75 Å². The Balaban J connectivity index is 1.86. The largest absolute Gasteiger partial charge is 0.508 e. The van der Waals surface area contributed by atoms with Crippen LogP contribution < -0.4 is 0 Å². The molecule has 0 atom stereocenters. The van der Waals surface area contributed by atoms with Crippen molar-refractivity contribution in [1.82, 2.24) is 4.90 Å². The Kier molecular flexibility index (Phi) is 5.13. The van der Waals surface area contributed by atoms with Crippen molar-refractivity contribution >= 4 is 23.2 Å². The van der Waals surface area contributed by atoms with Gasteiger partial charge in [-0.15, -0.1) is 0 Å². The molecule has 1 fully saturated rings. The molecule has 1 aromatic rings. The minimum atomic E-state index is 0.113. The van der Waals surface area contributed by atoms with Crippen molar-refractivity contribution in [1.29, 1.82) is 0 Å². The van der Waals surface area contributed by atoms with Crippen LogP contribution in [0.2, 0.25) is 10.0 Å². The van der Waals surface area contributed by atoms with Gasteiger partial charge in [-0.3, -0.25) is 4.90 Å². The molecule has 5 heteroatoms. The zero-order chi connectivity index (χ0) is 13.0. The number of phenols is 1. The molecule has 2 rings (SSSR count). The van der Waals surface area contributed by atoms with E-state index in [9.17, 15) is 5.11 Å². The van der Waals surface area contributed by atoms with Gasteiger partial charge in [0.25, 0.3) is 0 Å². The topological polar surface area (TPSA) is 32.7 Å². The second-order valence-corrected chi connectivity index (χ2v) is 5.26. The molecule has 1 aliphatic rings. The third kappa shape index (κ3) is 3.75. The Morgan fingerprint density at radius 1 is 1.17 bits per heavy atom. The van der Waals surface area contributed by atoms with Crippen LogP contribution in [-0.4, -0.2) is 42.9 Å². The summed E-state index contributed by atoms with van der Waals surface area (Å²) in [4.78, 5) is 2.38. The van der Waals surface area contributed by atoms with E-state index in [0.29, 0.717) is 10.0 Å². The van der Waals surface area contributed by atoms with Gasteiger partial charge in [-0.1, -0.05) is 23.2 Å². The fourth-order valence-corrected chi connectivity index (χ4v) is 2.80. The van der Waals surface area contributed by atoms with Gasteiger partial charge in [0.2, 0.25) is 0 Å².